The Kier molecular flexibility index (Phi) is 6.28. The average Bonchev–Trinajstić information content (AvgIpc) is 2.81. The fourth-order valence-electron chi connectivity index (χ4n) is 3.85. The van der Waals surface area contributed by atoms with Gasteiger partial charge in [-0.05, 0) is 76.4 Å². The van der Waals surface area contributed by atoms with Crippen molar-refractivity contribution in [2.24, 2.45) is 17.8 Å². The van der Waals surface area contributed by atoms with Gasteiger partial charge in [-0.15, -0.1) is 0 Å². The number of nitrogens with zero attached hydrogens (tertiary/aromatic N) is 2. The van der Waals surface area contributed by atoms with Crippen LogP contribution in [-0.2, 0) is 13.0 Å². The molecule has 1 fully saturated rings. The van der Waals surface area contributed by atoms with Gasteiger partial charge in [-0.3, -0.25) is 4.68 Å². The molecule has 0 aliphatic heterocycles. The van der Waals surface area contributed by atoms with Crippen LogP contribution in [0, 0.1) is 24.7 Å². The van der Waals surface area contributed by atoms with Crippen molar-refractivity contribution in [3.05, 3.63) is 17.5 Å². The molecule has 0 saturated heterocycles. The van der Waals surface area contributed by atoms with Gasteiger partial charge in [0.1, 0.15) is 0 Å². The molecule has 3 atom stereocenters. The molecule has 2 rings (SSSR count). The highest BCUT2D eigenvalue weighted by Crippen LogP contribution is 2.35. The second kappa shape index (κ2) is 7.98. The first-order valence-electron chi connectivity index (χ1n) is 8.88. The van der Waals surface area contributed by atoms with E-state index in [2.05, 4.69) is 48.9 Å². The maximum absolute atomic E-state index is 4.62. The molecule has 1 saturated carbocycles. The van der Waals surface area contributed by atoms with Gasteiger partial charge in [0.2, 0.25) is 0 Å². The van der Waals surface area contributed by atoms with Crippen LogP contribution in [0.15, 0.2) is 6.07 Å². The van der Waals surface area contributed by atoms with E-state index in [1.54, 1.807) is 0 Å². The molecule has 0 radical (unpaired) electrons. The minimum absolute atomic E-state index is 0.819. The summed E-state index contributed by atoms with van der Waals surface area (Å²) < 4.78 is 2.20. The molecule has 1 aromatic heterocycles. The molecular weight excluding hydrogens is 258 g/mol. The Balaban J connectivity index is 2.01. The normalized spacial score (nSPS) is 26.2. The van der Waals surface area contributed by atoms with Crippen molar-refractivity contribution in [1.82, 2.24) is 15.1 Å². The topological polar surface area (TPSA) is 29.9 Å². The zero-order valence-electron chi connectivity index (χ0n) is 14.4. The third kappa shape index (κ3) is 4.57. The largest absolute Gasteiger partial charge is 0.316 e. The summed E-state index contributed by atoms with van der Waals surface area (Å²) in [5, 5.41) is 8.26. The first kappa shape index (κ1) is 16.5. The number of rotatable bonds is 7. The lowest BCUT2D eigenvalue weighted by Gasteiger charge is -2.35. The summed E-state index contributed by atoms with van der Waals surface area (Å²) in [6.07, 6.45) is 6.61. The highest BCUT2D eigenvalue weighted by atomic mass is 15.3. The molecule has 0 aromatic carbocycles. The number of nitrogens with one attached hydrogen (secondary N) is 1. The van der Waals surface area contributed by atoms with Crippen LogP contribution >= 0.6 is 0 Å². The fraction of sp³-hybridized carbons (Fsp3) is 0.833. The molecule has 1 aliphatic rings. The van der Waals surface area contributed by atoms with Crippen LogP contribution in [0.2, 0.25) is 0 Å². The lowest BCUT2D eigenvalue weighted by atomic mass is 9.72. The highest BCUT2D eigenvalue weighted by molar-refractivity contribution is 5.10. The van der Waals surface area contributed by atoms with Gasteiger partial charge in [0.05, 0.1) is 5.69 Å². The Bertz CT molecular complexity index is 424. The number of aryl methyl sites for hydroxylation is 2. The quantitative estimate of drug-likeness (QED) is 0.774. The number of aromatic nitrogens is 2. The van der Waals surface area contributed by atoms with Gasteiger partial charge < -0.3 is 5.32 Å². The summed E-state index contributed by atoms with van der Waals surface area (Å²) in [5.41, 5.74) is 2.60. The van der Waals surface area contributed by atoms with Gasteiger partial charge in [0, 0.05) is 12.2 Å². The predicted octanol–water partition coefficient (Wildman–Crippen LogP) is 3.81. The molecule has 1 aromatic rings. The van der Waals surface area contributed by atoms with Gasteiger partial charge in [-0.2, -0.15) is 5.10 Å². The summed E-state index contributed by atoms with van der Waals surface area (Å²) in [4.78, 5) is 0. The van der Waals surface area contributed by atoms with Gasteiger partial charge in [0.15, 0.2) is 0 Å². The third-order valence-corrected chi connectivity index (χ3v) is 4.99. The van der Waals surface area contributed by atoms with Crippen LogP contribution < -0.4 is 5.32 Å². The van der Waals surface area contributed by atoms with Crippen molar-refractivity contribution in [2.45, 2.75) is 66.3 Å². The SMILES string of the molecule is CCCNCC1CCC(C)CC1Cc1cc(C)nn1CC. The van der Waals surface area contributed by atoms with E-state index < -0.39 is 0 Å². The predicted molar refractivity (Wildman–Crippen MR) is 89.5 cm³/mol. The van der Waals surface area contributed by atoms with Gasteiger partial charge >= 0.3 is 0 Å². The summed E-state index contributed by atoms with van der Waals surface area (Å²) in [6, 6.07) is 2.29. The Hall–Kier alpha value is -0.830. The lowest BCUT2D eigenvalue weighted by molar-refractivity contribution is 0.181. The Morgan fingerprint density at radius 3 is 2.81 bits per heavy atom. The van der Waals surface area contributed by atoms with Crippen molar-refractivity contribution < 1.29 is 0 Å². The van der Waals surface area contributed by atoms with E-state index >= 15 is 0 Å². The molecule has 1 heterocycles. The first-order chi connectivity index (χ1) is 10.1. The Labute approximate surface area is 130 Å². The van der Waals surface area contributed by atoms with Gasteiger partial charge in [-0.25, -0.2) is 0 Å². The van der Waals surface area contributed by atoms with E-state index in [0.29, 0.717) is 0 Å². The summed E-state index contributed by atoms with van der Waals surface area (Å²) in [5.74, 6) is 2.55. The van der Waals surface area contributed by atoms with Crippen LogP contribution in [0.3, 0.4) is 0 Å². The molecule has 0 spiro atoms. The molecule has 0 bridgehead atoms. The molecule has 3 heteroatoms. The third-order valence-electron chi connectivity index (χ3n) is 4.99. The smallest absolute Gasteiger partial charge is 0.0596 e. The maximum atomic E-state index is 4.62. The molecule has 0 amide bonds. The van der Waals surface area contributed by atoms with E-state index in [4.69, 9.17) is 0 Å². The second-order valence-corrected chi connectivity index (χ2v) is 6.94. The summed E-state index contributed by atoms with van der Waals surface area (Å²) >= 11 is 0. The molecular formula is C18H33N3. The standard InChI is InChI=1S/C18H33N3/c1-5-9-19-13-16-8-7-14(3)10-17(16)12-18-11-15(4)20-21(18)6-2/h11,14,16-17,19H,5-10,12-13H2,1-4H3. The van der Waals surface area contributed by atoms with Crippen molar-refractivity contribution in [1.29, 1.82) is 0 Å². The highest BCUT2D eigenvalue weighted by Gasteiger charge is 2.29. The second-order valence-electron chi connectivity index (χ2n) is 6.94. The van der Waals surface area contributed by atoms with Crippen molar-refractivity contribution in [3.63, 3.8) is 0 Å². The minimum atomic E-state index is 0.819. The van der Waals surface area contributed by atoms with E-state index in [1.807, 2.05) is 0 Å². The van der Waals surface area contributed by atoms with E-state index in [1.165, 1.54) is 44.3 Å². The van der Waals surface area contributed by atoms with Crippen LogP contribution in [-0.4, -0.2) is 22.9 Å². The first-order valence-corrected chi connectivity index (χ1v) is 8.88. The molecule has 3 nitrogen and oxygen atoms in total. The molecule has 1 N–H and O–H groups in total. The van der Waals surface area contributed by atoms with Crippen LogP contribution in [0.25, 0.3) is 0 Å². The molecule has 3 unspecified atom stereocenters. The fourth-order valence-corrected chi connectivity index (χ4v) is 3.85. The van der Waals surface area contributed by atoms with Crippen molar-refractivity contribution in [2.75, 3.05) is 13.1 Å². The van der Waals surface area contributed by atoms with Crippen LogP contribution in [0.4, 0.5) is 0 Å². The minimum Gasteiger partial charge on any atom is -0.316 e. The Morgan fingerprint density at radius 1 is 1.29 bits per heavy atom. The van der Waals surface area contributed by atoms with Crippen LogP contribution in [0.5, 0.6) is 0 Å². The van der Waals surface area contributed by atoms with Crippen LogP contribution in [0.1, 0.15) is 57.8 Å². The zero-order chi connectivity index (χ0) is 15.2. The summed E-state index contributed by atoms with van der Waals surface area (Å²) in [7, 11) is 0. The lowest BCUT2D eigenvalue weighted by Crippen LogP contribution is -2.34. The van der Waals surface area contributed by atoms with E-state index in [-0.39, 0.29) is 0 Å². The Morgan fingerprint density at radius 2 is 2.10 bits per heavy atom. The van der Waals surface area contributed by atoms with E-state index in [9.17, 15) is 0 Å². The number of hydrogen-bond acceptors (Lipinski definition) is 2. The zero-order valence-corrected chi connectivity index (χ0v) is 14.4. The number of hydrogen-bond donors (Lipinski definition) is 1. The molecule has 21 heavy (non-hydrogen) atoms. The molecule has 120 valence electrons. The van der Waals surface area contributed by atoms with Gasteiger partial charge in [0.25, 0.3) is 0 Å². The van der Waals surface area contributed by atoms with Crippen molar-refractivity contribution >= 4 is 0 Å². The average molecular weight is 291 g/mol. The van der Waals surface area contributed by atoms with E-state index in [0.717, 1.165) is 36.5 Å². The summed E-state index contributed by atoms with van der Waals surface area (Å²) in [6.45, 7) is 12.3. The monoisotopic (exact) mass is 291 g/mol. The van der Waals surface area contributed by atoms with Gasteiger partial charge in [-0.1, -0.05) is 20.3 Å². The molecule has 1 aliphatic carbocycles. The van der Waals surface area contributed by atoms with Crippen molar-refractivity contribution in [3.8, 4) is 0 Å². The maximum Gasteiger partial charge on any atom is 0.0596 e.